The third-order valence-corrected chi connectivity index (χ3v) is 4.91. The molecule has 0 aliphatic carbocycles. The van der Waals surface area contributed by atoms with Gasteiger partial charge in [-0.3, -0.25) is 0 Å². The summed E-state index contributed by atoms with van der Waals surface area (Å²) in [5.74, 6) is 0.775. The van der Waals surface area contributed by atoms with Crippen molar-refractivity contribution < 1.29 is 14.3 Å². The number of hydrogen-bond donors (Lipinski definition) is 2. The van der Waals surface area contributed by atoms with Crippen molar-refractivity contribution in [3.8, 4) is 5.75 Å². The van der Waals surface area contributed by atoms with Gasteiger partial charge in [0.25, 0.3) is 0 Å². The molecule has 1 fully saturated rings. The zero-order valence-electron chi connectivity index (χ0n) is 14.9. The first-order chi connectivity index (χ1) is 12.7. The van der Waals surface area contributed by atoms with E-state index in [4.69, 9.17) is 9.47 Å². The Balaban J connectivity index is 1.36. The fraction of sp³-hybridized carbons (Fsp3) is 0.500. The molecule has 2 N–H and O–H groups in total. The van der Waals surface area contributed by atoms with Gasteiger partial charge in [-0.15, -0.1) is 21.5 Å². The van der Waals surface area contributed by atoms with E-state index < -0.39 is 0 Å². The van der Waals surface area contributed by atoms with Crippen LogP contribution in [0.15, 0.2) is 24.3 Å². The minimum Gasteiger partial charge on any atom is -0.491 e. The van der Waals surface area contributed by atoms with Crippen LogP contribution in [0.25, 0.3) is 0 Å². The van der Waals surface area contributed by atoms with Crippen molar-refractivity contribution in [3.05, 3.63) is 34.3 Å². The van der Waals surface area contributed by atoms with E-state index in [0.29, 0.717) is 19.6 Å². The minimum atomic E-state index is -0.240. The van der Waals surface area contributed by atoms with Gasteiger partial charge in [-0.25, -0.2) is 4.79 Å². The molecule has 1 aliphatic rings. The third-order valence-electron chi connectivity index (χ3n) is 4.01. The summed E-state index contributed by atoms with van der Waals surface area (Å²) < 4.78 is 11.4. The van der Waals surface area contributed by atoms with Gasteiger partial charge in [-0.1, -0.05) is 0 Å². The van der Waals surface area contributed by atoms with E-state index in [1.165, 1.54) is 6.42 Å². The third kappa shape index (κ3) is 5.96. The number of ether oxygens (including phenoxy) is 2. The van der Waals surface area contributed by atoms with Crippen molar-refractivity contribution in [1.82, 2.24) is 15.5 Å². The zero-order chi connectivity index (χ0) is 18.2. The lowest BCUT2D eigenvalue weighted by Gasteiger charge is -2.22. The molecule has 0 radical (unpaired) electrons. The van der Waals surface area contributed by atoms with Crippen LogP contribution in [0.4, 0.5) is 10.5 Å². The molecule has 1 aromatic carbocycles. The molecule has 1 aromatic heterocycles. The number of benzene rings is 1. The summed E-state index contributed by atoms with van der Waals surface area (Å²) in [4.78, 5) is 11.9. The molecule has 1 aliphatic heterocycles. The number of rotatable bonds is 7. The Labute approximate surface area is 157 Å². The molecule has 0 unspecified atom stereocenters. The second kappa shape index (κ2) is 9.49. The lowest BCUT2D eigenvalue weighted by molar-refractivity contribution is -0.0110. The van der Waals surface area contributed by atoms with E-state index >= 15 is 0 Å². The highest BCUT2D eigenvalue weighted by Gasteiger charge is 2.14. The van der Waals surface area contributed by atoms with Crippen LogP contribution < -0.4 is 15.4 Å². The first-order valence-electron chi connectivity index (χ1n) is 8.87. The summed E-state index contributed by atoms with van der Waals surface area (Å²) in [5, 5.41) is 15.5. The van der Waals surface area contributed by atoms with Gasteiger partial charge < -0.3 is 20.1 Å². The predicted octanol–water partition coefficient (Wildman–Crippen LogP) is 3.16. The smallest absolute Gasteiger partial charge is 0.319 e. The van der Waals surface area contributed by atoms with Gasteiger partial charge in [0.2, 0.25) is 0 Å². The molecule has 2 aromatic rings. The maximum absolute atomic E-state index is 11.9. The van der Waals surface area contributed by atoms with E-state index in [9.17, 15) is 4.79 Å². The van der Waals surface area contributed by atoms with Crippen LogP contribution in [0.5, 0.6) is 5.75 Å². The van der Waals surface area contributed by atoms with Crippen molar-refractivity contribution in [2.75, 3.05) is 25.1 Å². The number of nitrogens with zero attached hydrogens (tertiary/aromatic N) is 2. The average molecular weight is 376 g/mol. The highest BCUT2D eigenvalue weighted by Crippen LogP contribution is 2.18. The molecule has 1 saturated heterocycles. The van der Waals surface area contributed by atoms with Crippen LogP contribution >= 0.6 is 11.3 Å². The Kier molecular flexibility index (Phi) is 6.79. The summed E-state index contributed by atoms with van der Waals surface area (Å²) in [5.41, 5.74) is 0.718. The van der Waals surface area contributed by atoms with Gasteiger partial charge in [-0.05, 0) is 50.5 Å². The quantitative estimate of drug-likeness (QED) is 0.775. The minimum absolute atomic E-state index is 0.184. The molecule has 0 spiro atoms. The number of nitrogens with one attached hydrogen (secondary N) is 2. The van der Waals surface area contributed by atoms with Gasteiger partial charge in [0.05, 0.1) is 6.10 Å². The molecule has 8 heteroatoms. The van der Waals surface area contributed by atoms with Crippen LogP contribution in [-0.2, 0) is 11.2 Å². The molecule has 2 amide bonds. The van der Waals surface area contributed by atoms with E-state index in [1.807, 2.05) is 31.2 Å². The summed E-state index contributed by atoms with van der Waals surface area (Å²) in [6, 6.07) is 7.11. The Morgan fingerprint density at radius 2 is 2.15 bits per heavy atom. The number of urea groups is 1. The molecular formula is C18H24N4O3S. The van der Waals surface area contributed by atoms with Gasteiger partial charge in [0.15, 0.2) is 0 Å². The van der Waals surface area contributed by atoms with E-state index in [0.717, 1.165) is 40.9 Å². The number of carbonyl (C=O) groups excluding carboxylic acids is 1. The summed E-state index contributed by atoms with van der Waals surface area (Å²) in [7, 11) is 0. The monoisotopic (exact) mass is 376 g/mol. The number of aryl methyl sites for hydroxylation is 1. The number of aromatic nitrogens is 2. The number of carbonyl (C=O) groups is 1. The summed E-state index contributed by atoms with van der Waals surface area (Å²) >= 11 is 1.54. The van der Waals surface area contributed by atoms with Gasteiger partial charge >= 0.3 is 6.03 Å². The van der Waals surface area contributed by atoms with E-state index in [1.54, 1.807) is 11.3 Å². The first kappa shape index (κ1) is 18.6. The molecule has 26 heavy (non-hydrogen) atoms. The van der Waals surface area contributed by atoms with Gasteiger partial charge in [-0.2, -0.15) is 0 Å². The van der Waals surface area contributed by atoms with E-state index in [2.05, 4.69) is 20.8 Å². The van der Waals surface area contributed by atoms with Crippen LogP contribution in [0.3, 0.4) is 0 Å². The Morgan fingerprint density at radius 3 is 2.85 bits per heavy atom. The van der Waals surface area contributed by atoms with Crippen molar-refractivity contribution >= 4 is 23.1 Å². The molecule has 0 saturated carbocycles. The number of amides is 2. The summed E-state index contributed by atoms with van der Waals surface area (Å²) in [6.45, 7) is 3.82. The molecule has 0 bridgehead atoms. The zero-order valence-corrected chi connectivity index (χ0v) is 15.7. The van der Waals surface area contributed by atoms with Crippen LogP contribution in [0.1, 0.15) is 29.3 Å². The maximum Gasteiger partial charge on any atom is 0.319 e. The van der Waals surface area contributed by atoms with Crippen LogP contribution in [0.2, 0.25) is 0 Å². The van der Waals surface area contributed by atoms with Crippen LogP contribution in [0, 0.1) is 6.92 Å². The normalized spacial score (nSPS) is 16.9. The molecular weight excluding hydrogens is 352 g/mol. The molecule has 140 valence electrons. The van der Waals surface area contributed by atoms with Gasteiger partial charge in [0, 0.05) is 25.3 Å². The van der Waals surface area contributed by atoms with Crippen molar-refractivity contribution in [2.45, 2.75) is 38.7 Å². The largest absolute Gasteiger partial charge is 0.491 e. The Morgan fingerprint density at radius 1 is 1.31 bits per heavy atom. The molecule has 7 nitrogen and oxygen atoms in total. The second-order valence-electron chi connectivity index (χ2n) is 6.17. The Bertz CT molecular complexity index is 699. The highest BCUT2D eigenvalue weighted by molar-refractivity contribution is 7.11. The average Bonchev–Trinajstić information content (AvgIpc) is 3.07. The lowest BCUT2D eigenvalue weighted by Crippen LogP contribution is -2.30. The number of hydrogen-bond acceptors (Lipinski definition) is 6. The first-order valence-corrected chi connectivity index (χ1v) is 9.69. The predicted molar refractivity (Wildman–Crippen MR) is 101 cm³/mol. The fourth-order valence-corrected chi connectivity index (χ4v) is 3.37. The second-order valence-corrected chi connectivity index (χ2v) is 7.44. The standard InChI is InChI=1S/C18H24N4O3S/c1-13-21-22-17(26-13)9-10-19-18(23)20-14-5-7-15(8-6-14)25-12-16-4-2-3-11-24-16/h5-8,16H,2-4,9-12H2,1H3,(H2,19,20,23)/t16-/m0/s1. The SMILES string of the molecule is Cc1nnc(CCNC(=O)Nc2ccc(OC[C@@H]3CCCCO3)cc2)s1. The molecule has 1 atom stereocenters. The van der Waals surface area contributed by atoms with Crippen molar-refractivity contribution in [2.24, 2.45) is 0 Å². The molecule has 2 heterocycles. The maximum atomic E-state index is 11.9. The number of anilines is 1. The van der Waals surface area contributed by atoms with E-state index in [-0.39, 0.29) is 12.1 Å². The van der Waals surface area contributed by atoms with Crippen molar-refractivity contribution in [3.63, 3.8) is 0 Å². The lowest BCUT2D eigenvalue weighted by atomic mass is 10.1. The Hall–Kier alpha value is -2.19. The van der Waals surface area contributed by atoms with Gasteiger partial charge in [0.1, 0.15) is 22.4 Å². The van der Waals surface area contributed by atoms with Crippen molar-refractivity contribution in [1.29, 1.82) is 0 Å². The van der Waals surface area contributed by atoms with Crippen LogP contribution in [-0.4, -0.2) is 42.1 Å². The topological polar surface area (TPSA) is 85.4 Å². The fourth-order valence-electron chi connectivity index (χ4n) is 2.66. The molecule has 3 rings (SSSR count). The summed E-state index contributed by atoms with van der Waals surface area (Å²) in [6.07, 6.45) is 4.25. The highest BCUT2D eigenvalue weighted by atomic mass is 32.1.